The van der Waals surface area contributed by atoms with E-state index in [-0.39, 0.29) is 0 Å². The first-order valence-electron chi connectivity index (χ1n) is 5.49. The highest BCUT2D eigenvalue weighted by molar-refractivity contribution is 5.54. The van der Waals surface area contributed by atoms with Crippen molar-refractivity contribution in [1.29, 1.82) is 0 Å². The third-order valence-electron chi connectivity index (χ3n) is 2.73. The highest BCUT2D eigenvalue weighted by Gasteiger charge is 2.13. The van der Waals surface area contributed by atoms with Crippen molar-refractivity contribution in [2.24, 2.45) is 12.9 Å². The van der Waals surface area contributed by atoms with E-state index in [0.717, 1.165) is 23.5 Å². The molecule has 0 aliphatic rings. The van der Waals surface area contributed by atoms with Crippen LogP contribution in [0.2, 0.25) is 0 Å². The van der Waals surface area contributed by atoms with Crippen molar-refractivity contribution < 1.29 is 0 Å². The van der Waals surface area contributed by atoms with Crippen LogP contribution in [-0.4, -0.2) is 19.5 Å². The SMILES string of the molecule is CCc1c(C)nc(-c2nccn2C)nc1NN. The number of aryl methyl sites for hydroxylation is 2. The molecular weight excluding hydrogens is 216 g/mol. The van der Waals surface area contributed by atoms with Crippen LogP contribution >= 0.6 is 0 Å². The maximum atomic E-state index is 5.49. The molecule has 0 fully saturated rings. The number of hydrogen-bond donors (Lipinski definition) is 2. The molecule has 6 nitrogen and oxygen atoms in total. The Kier molecular flexibility index (Phi) is 3.06. The van der Waals surface area contributed by atoms with Gasteiger partial charge in [0.2, 0.25) is 0 Å². The molecule has 0 amide bonds. The number of anilines is 1. The molecule has 0 spiro atoms. The monoisotopic (exact) mass is 232 g/mol. The van der Waals surface area contributed by atoms with Crippen LogP contribution < -0.4 is 11.3 Å². The number of nitrogens with one attached hydrogen (secondary N) is 1. The number of hydrogen-bond acceptors (Lipinski definition) is 5. The lowest BCUT2D eigenvalue weighted by atomic mass is 10.1. The fourth-order valence-corrected chi connectivity index (χ4v) is 1.82. The van der Waals surface area contributed by atoms with E-state index < -0.39 is 0 Å². The van der Waals surface area contributed by atoms with Crippen LogP contribution in [0.4, 0.5) is 5.82 Å². The molecule has 0 aliphatic carbocycles. The first-order valence-corrected chi connectivity index (χ1v) is 5.49. The highest BCUT2D eigenvalue weighted by Crippen LogP contribution is 2.20. The average Bonchev–Trinajstić information content (AvgIpc) is 2.74. The Labute approximate surface area is 99.9 Å². The molecule has 2 aromatic rings. The van der Waals surface area contributed by atoms with E-state index in [9.17, 15) is 0 Å². The Morgan fingerprint density at radius 3 is 2.71 bits per heavy atom. The van der Waals surface area contributed by atoms with Gasteiger partial charge < -0.3 is 9.99 Å². The van der Waals surface area contributed by atoms with E-state index in [1.807, 2.05) is 31.7 Å². The van der Waals surface area contributed by atoms with E-state index in [1.54, 1.807) is 6.20 Å². The summed E-state index contributed by atoms with van der Waals surface area (Å²) in [4.78, 5) is 13.1. The molecule has 17 heavy (non-hydrogen) atoms. The van der Waals surface area contributed by atoms with Gasteiger partial charge in [0.15, 0.2) is 11.6 Å². The van der Waals surface area contributed by atoms with Crippen molar-refractivity contribution in [3.05, 3.63) is 23.7 Å². The first kappa shape index (κ1) is 11.5. The zero-order valence-electron chi connectivity index (χ0n) is 10.2. The lowest BCUT2D eigenvalue weighted by Gasteiger charge is -2.11. The Morgan fingerprint density at radius 1 is 1.41 bits per heavy atom. The number of imidazole rings is 1. The summed E-state index contributed by atoms with van der Waals surface area (Å²) in [5.74, 6) is 7.47. The third-order valence-corrected chi connectivity index (χ3v) is 2.73. The molecule has 3 N–H and O–H groups in total. The summed E-state index contributed by atoms with van der Waals surface area (Å²) >= 11 is 0. The van der Waals surface area contributed by atoms with Gasteiger partial charge in [0.1, 0.15) is 5.82 Å². The van der Waals surface area contributed by atoms with E-state index >= 15 is 0 Å². The quantitative estimate of drug-likeness (QED) is 0.610. The molecule has 6 heteroatoms. The van der Waals surface area contributed by atoms with Gasteiger partial charge in [-0.05, 0) is 13.3 Å². The largest absolute Gasteiger partial charge is 0.331 e. The van der Waals surface area contributed by atoms with Gasteiger partial charge in [-0.1, -0.05) is 6.92 Å². The van der Waals surface area contributed by atoms with Crippen LogP contribution in [0.15, 0.2) is 12.4 Å². The topological polar surface area (TPSA) is 81.7 Å². The molecule has 0 unspecified atom stereocenters. The van der Waals surface area contributed by atoms with Gasteiger partial charge in [-0.15, -0.1) is 0 Å². The van der Waals surface area contributed by atoms with Crippen LogP contribution in [0.25, 0.3) is 11.6 Å². The molecule has 0 bridgehead atoms. The second-order valence-corrected chi connectivity index (χ2v) is 3.82. The summed E-state index contributed by atoms with van der Waals surface area (Å²) in [6.07, 6.45) is 4.42. The second kappa shape index (κ2) is 4.50. The van der Waals surface area contributed by atoms with E-state index in [1.165, 1.54) is 0 Å². The number of nitrogens with two attached hydrogens (primary N) is 1. The average molecular weight is 232 g/mol. The van der Waals surface area contributed by atoms with E-state index in [2.05, 4.69) is 20.4 Å². The smallest absolute Gasteiger partial charge is 0.198 e. The van der Waals surface area contributed by atoms with Crippen LogP contribution in [0.3, 0.4) is 0 Å². The van der Waals surface area contributed by atoms with E-state index in [4.69, 9.17) is 5.84 Å². The van der Waals surface area contributed by atoms with Crippen molar-refractivity contribution in [3.63, 3.8) is 0 Å². The maximum absolute atomic E-state index is 5.49. The standard InChI is InChI=1S/C11H16N6/c1-4-8-7(2)14-10(15-9(8)16-12)11-13-5-6-17(11)3/h5-6H,4,12H2,1-3H3,(H,14,15,16). The predicted molar refractivity (Wildman–Crippen MR) is 66.2 cm³/mol. The van der Waals surface area contributed by atoms with Gasteiger partial charge in [-0.25, -0.2) is 20.8 Å². The predicted octanol–water partition coefficient (Wildman–Crippen LogP) is 1.03. The van der Waals surface area contributed by atoms with E-state index in [0.29, 0.717) is 11.6 Å². The van der Waals surface area contributed by atoms with Crippen LogP contribution in [-0.2, 0) is 13.5 Å². The van der Waals surface area contributed by atoms with Crippen molar-refractivity contribution in [2.75, 3.05) is 5.43 Å². The molecule has 2 aromatic heterocycles. The Morgan fingerprint density at radius 2 is 2.18 bits per heavy atom. The fourth-order valence-electron chi connectivity index (χ4n) is 1.82. The molecule has 0 atom stereocenters. The Balaban J connectivity index is 2.58. The summed E-state index contributed by atoms with van der Waals surface area (Å²) < 4.78 is 1.88. The summed E-state index contributed by atoms with van der Waals surface area (Å²) in [5.41, 5.74) is 4.58. The van der Waals surface area contributed by atoms with Crippen LogP contribution in [0.1, 0.15) is 18.2 Å². The van der Waals surface area contributed by atoms with Gasteiger partial charge in [-0.2, -0.15) is 0 Å². The van der Waals surface area contributed by atoms with Crippen LogP contribution in [0, 0.1) is 6.92 Å². The first-order chi connectivity index (χ1) is 8.17. The molecule has 0 saturated heterocycles. The van der Waals surface area contributed by atoms with Crippen molar-refractivity contribution in [3.8, 4) is 11.6 Å². The normalized spacial score (nSPS) is 10.6. The minimum atomic E-state index is 0.583. The molecular formula is C11H16N6. The Bertz CT molecular complexity index is 531. The molecule has 90 valence electrons. The fraction of sp³-hybridized carbons (Fsp3) is 0.364. The minimum absolute atomic E-state index is 0.583. The summed E-state index contributed by atoms with van der Waals surface area (Å²) in [7, 11) is 1.91. The van der Waals surface area contributed by atoms with Gasteiger partial charge in [0.05, 0.1) is 0 Å². The summed E-state index contributed by atoms with van der Waals surface area (Å²) in [6.45, 7) is 4.00. The number of hydrazine groups is 1. The van der Waals surface area contributed by atoms with Gasteiger partial charge in [-0.3, -0.25) is 0 Å². The van der Waals surface area contributed by atoms with Gasteiger partial charge in [0.25, 0.3) is 0 Å². The van der Waals surface area contributed by atoms with Gasteiger partial charge in [0, 0.05) is 30.7 Å². The number of rotatable bonds is 3. The van der Waals surface area contributed by atoms with Crippen LogP contribution in [0.5, 0.6) is 0 Å². The summed E-state index contributed by atoms with van der Waals surface area (Å²) in [5, 5.41) is 0. The number of nitrogens with zero attached hydrogens (tertiary/aromatic N) is 4. The number of aromatic nitrogens is 4. The summed E-state index contributed by atoms with van der Waals surface area (Å²) in [6, 6.07) is 0. The molecule has 2 rings (SSSR count). The van der Waals surface area contributed by atoms with Crippen molar-refractivity contribution in [2.45, 2.75) is 20.3 Å². The third kappa shape index (κ3) is 1.99. The molecule has 0 radical (unpaired) electrons. The van der Waals surface area contributed by atoms with Crippen molar-refractivity contribution >= 4 is 5.82 Å². The molecule has 0 aromatic carbocycles. The zero-order chi connectivity index (χ0) is 12.4. The minimum Gasteiger partial charge on any atom is -0.331 e. The Hall–Kier alpha value is -1.95. The second-order valence-electron chi connectivity index (χ2n) is 3.82. The maximum Gasteiger partial charge on any atom is 0.198 e. The van der Waals surface area contributed by atoms with Crippen molar-refractivity contribution in [1.82, 2.24) is 19.5 Å². The molecule has 0 aliphatic heterocycles. The molecule has 0 saturated carbocycles. The van der Waals surface area contributed by atoms with Gasteiger partial charge >= 0.3 is 0 Å². The highest BCUT2D eigenvalue weighted by atomic mass is 15.3. The molecule has 2 heterocycles. The lowest BCUT2D eigenvalue weighted by Crippen LogP contribution is -2.14. The number of nitrogen functional groups attached to an aromatic ring is 1. The lowest BCUT2D eigenvalue weighted by molar-refractivity contribution is 0.895. The zero-order valence-corrected chi connectivity index (χ0v) is 10.2.